The average Bonchev–Trinajstić information content (AvgIpc) is 2.26. The third-order valence-corrected chi connectivity index (χ3v) is 2.54. The summed E-state index contributed by atoms with van der Waals surface area (Å²) in [5, 5.41) is 8.61. The van der Waals surface area contributed by atoms with Crippen LogP contribution < -0.4 is 0 Å². The minimum atomic E-state index is -0.754. The minimum Gasteiger partial charge on any atom is -0.481 e. The first-order valence-electron chi connectivity index (χ1n) is 5.44. The van der Waals surface area contributed by atoms with Crippen LogP contribution in [0.2, 0.25) is 0 Å². The fraction of sp³-hybridized carbons (Fsp3) is 0.462. The molecule has 3 heteroatoms. The Labute approximate surface area is 96.1 Å². The number of aryl methyl sites for hydroxylation is 1. The van der Waals surface area contributed by atoms with E-state index < -0.39 is 5.97 Å². The number of benzene rings is 1. The molecular weight excluding hydrogens is 204 g/mol. The highest BCUT2D eigenvalue weighted by molar-refractivity contribution is 5.67. The third kappa shape index (κ3) is 4.45. The largest absolute Gasteiger partial charge is 0.481 e. The quantitative estimate of drug-likeness (QED) is 0.803. The molecule has 88 valence electrons. The number of carboxylic acid groups (broad SMARTS) is 1. The molecule has 0 saturated carbocycles. The smallest absolute Gasteiger partial charge is 0.303 e. The number of carbonyl (C=O) groups is 1. The Morgan fingerprint density at radius 1 is 1.44 bits per heavy atom. The van der Waals surface area contributed by atoms with E-state index in [0.717, 1.165) is 12.0 Å². The second-order valence-corrected chi connectivity index (χ2v) is 3.96. The molecule has 1 aromatic carbocycles. The molecule has 16 heavy (non-hydrogen) atoms. The van der Waals surface area contributed by atoms with Crippen LogP contribution in [0.4, 0.5) is 0 Å². The summed E-state index contributed by atoms with van der Waals surface area (Å²) in [5.41, 5.74) is 2.26. The minimum absolute atomic E-state index is 0.184. The normalized spacial score (nSPS) is 12.4. The zero-order valence-corrected chi connectivity index (χ0v) is 9.77. The molecule has 1 N–H and O–H groups in total. The summed E-state index contributed by atoms with van der Waals surface area (Å²) in [7, 11) is 1.69. The van der Waals surface area contributed by atoms with E-state index in [1.54, 1.807) is 7.11 Å². The number of aliphatic carboxylic acids is 1. The average molecular weight is 222 g/mol. The molecule has 1 aromatic rings. The molecule has 0 spiro atoms. The number of rotatable bonds is 6. The molecule has 3 nitrogen and oxygen atoms in total. The van der Waals surface area contributed by atoms with Crippen molar-refractivity contribution in [1.82, 2.24) is 0 Å². The predicted molar refractivity (Wildman–Crippen MR) is 62.6 cm³/mol. The highest BCUT2D eigenvalue weighted by Crippen LogP contribution is 2.10. The summed E-state index contributed by atoms with van der Waals surface area (Å²) in [6, 6.07) is 8.02. The maximum atomic E-state index is 10.5. The van der Waals surface area contributed by atoms with Gasteiger partial charge in [0.25, 0.3) is 0 Å². The lowest BCUT2D eigenvalue weighted by atomic mass is 10.0. The van der Waals surface area contributed by atoms with Crippen LogP contribution in [-0.2, 0) is 22.4 Å². The summed E-state index contributed by atoms with van der Waals surface area (Å²) in [6.07, 6.45) is 1.82. The highest BCUT2D eigenvalue weighted by Gasteiger charge is 2.03. The van der Waals surface area contributed by atoms with E-state index in [4.69, 9.17) is 9.84 Å². The van der Waals surface area contributed by atoms with Gasteiger partial charge >= 0.3 is 5.97 Å². The lowest BCUT2D eigenvalue weighted by molar-refractivity contribution is -0.136. The van der Waals surface area contributed by atoms with Gasteiger partial charge in [0.05, 0.1) is 6.10 Å². The van der Waals surface area contributed by atoms with Crippen molar-refractivity contribution in [2.45, 2.75) is 32.3 Å². The summed E-state index contributed by atoms with van der Waals surface area (Å²) >= 11 is 0. The Bertz CT molecular complexity index is 347. The monoisotopic (exact) mass is 222 g/mol. The van der Waals surface area contributed by atoms with Crippen LogP contribution in [0, 0.1) is 0 Å². The van der Waals surface area contributed by atoms with Crippen molar-refractivity contribution in [3.05, 3.63) is 35.4 Å². The van der Waals surface area contributed by atoms with E-state index >= 15 is 0 Å². The highest BCUT2D eigenvalue weighted by atomic mass is 16.5. The van der Waals surface area contributed by atoms with Gasteiger partial charge in [-0.3, -0.25) is 4.79 Å². The lowest BCUT2D eigenvalue weighted by Gasteiger charge is -2.10. The molecule has 1 atom stereocenters. The van der Waals surface area contributed by atoms with Gasteiger partial charge in [0, 0.05) is 13.5 Å². The van der Waals surface area contributed by atoms with E-state index in [-0.39, 0.29) is 12.5 Å². The molecular formula is C13H18O3. The first-order chi connectivity index (χ1) is 7.61. The summed E-state index contributed by atoms with van der Waals surface area (Å²) in [6.45, 7) is 2.02. The van der Waals surface area contributed by atoms with Crippen molar-refractivity contribution in [3.63, 3.8) is 0 Å². The Hall–Kier alpha value is -1.35. The van der Waals surface area contributed by atoms with E-state index in [1.807, 2.05) is 25.1 Å². The lowest BCUT2D eigenvalue weighted by Crippen LogP contribution is -2.08. The van der Waals surface area contributed by atoms with E-state index in [0.29, 0.717) is 6.42 Å². The fourth-order valence-electron chi connectivity index (χ4n) is 1.58. The SMILES string of the molecule is COC(C)Cc1cccc(CCC(=O)O)c1. The Kier molecular flexibility index (Phi) is 4.99. The molecule has 0 aromatic heterocycles. The molecule has 1 unspecified atom stereocenters. The second kappa shape index (κ2) is 6.28. The van der Waals surface area contributed by atoms with Gasteiger partial charge in [-0.1, -0.05) is 24.3 Å². The zero-order chi connectivity index (χ0) is 12.0. The molecule has 0 aliphatic carbocycles. The molecule has 0 bridgehead atoms. The number of methoxy groups -OCH3 is 1. The van der Waals surface area contributed by atoms with Crippen LogP contribution in [0.3, 0.4) is 0 Å². The van der Waals surface area contributed by atoms with Crippen molar-refractivity contribution in [1.29, 1.82) is 0 Å². The van der Waals surface area contributed by atoms with Crippen LogP contribution in [0.15, 0.2) is 24.3 Å². The first kappa shape index (κ1) is 12.7. The number of hydrogen-bond acceptors (Lipinski definition) is 2. The summed E-state index contributed by atoms with van der Waals surface area (Å²) in [5.74, 6) is -0.754. The van der Waals surface area contributed by atoms with E-state index in [9.17, 15) is 4.79 Å². The molecule has 0 radical (unpaired) electrons. The van der Waals surface area contributed by atoms with Gasteiger partial charge in [-0.15, -0.1) is 0 Å². The third-order valence-electron chi connectivity index (χ3n) is 2.54. The van der Waals surface area contributed by atoms with Gasteiger partial charge in [-0.05, 0) is 30.9 Å². The van der Waals surface area contributed by atoms with Gasteiger partial charge in [0.15, 0.2) is 0 Å². The van der Waals surface area contributed by atoms with Crippen LogP contribution in [0.25, 0.3) is 0 Å². The van der Waals surface area contributed by atoms with Gasteiger partial charge in [0.2, 0.25) is 0 Å². The first-order valence-corrected chi connectivity index (χ1v) is 5.44. The zero-order valence-electron chi connectivity index (χ0n) is 9.77. The topological polar surface area (TPSA) is 46.5 Å². The van der Waals surface area contributed by atoms with Gasteiger partial charge in [0.1, 0.15) is 0 Å². The molecule has 0 fully saturated rings. The van der Waals surface area contributed by atoms with Crippen molar-refractivity contribution >= 4 is 5.97 Å². The molecule has 0 aliphatic rings. The van der Waals surface area contributed by atoms with Gasteiger partial charge in [-0.25, -0.2) is 0 Å². The maximum Gasteiger partial charge on any atom is 0.303 e. The number of carboxylic acids is 1. The summed E-state index contributed by atoms with van der Waals surface area (Å²) < 4.78 is 5.20. The van der Waals surface area contributed by atoms with Crippen LogP contribution in [0.5, 0.6) is 0 Å². The van der Waals surface area contributed by atoms with Crippen molar-refractivity contribution < 1.29 is 14.6 Å². The van der Waals surface area contributed by atoms with Crippen molar-refractivity contribution in [2.24, 2.45) is 0 Å². The standard InChI is InChI=1S/C13H18O3/c1-10(16-2)8-12-5-3-4-11(9-12)6-7-13(14)15/h3-5,9-10H,6-8H2,1-2H3,(H,14,15). The van der Waals surface area contributed by atoms with E-state index in [2.05, 4.69) is 6.07 Å². The number of hydrogen-bond donors (Lipinski definition) is 1. The molecule has 0 heterocycles. The fourth-order valence-corrected chi connectivity index (χ4v) is 1.58. The van der Waals surface area contributed by atoms with Crippen molar-refractivity contribution in [2.75, 3.05) is 7.11 Å². The molecule has 0 saturated heterocycles. The van der Waals surface area contributed by atoms with Crippen LogP contribution >= 0.6 is 0 Å². The number of ether oxygens (including phenoxy) is 1. The second-order valence-electron chi connectivity index (χ2n) is 3.96. The summed E-state index contributed by atoms with van der Waals surface area (Å²) in [4.78, 5) is 10.5. The maximum absolute atomic E-state index is 10.5. The Balaban J connectivity index is 2.60. The molecule has 0 aliphatic heterocycles. The Morgan fingerprint density at radius 3 is 2.75 bits per heavy atom. The van der Waals surface area contributed by atoms with Crippen molar-refractivity contribution in [3.8, 4) is 0 Å². The van der Waals surface area contributed by atoms with Gasteiger partial charge in [-0.2, -0.15) is 0 Å². The predicted octanol–water partition coefficient (Wildman–Crippen LogP) is 2.28. The molecule has 1 rings (SSSR count). The molecule has 0 amide bonds. The Morgan fingerprint density at radius 2 is 2.12 bits per heavy atom. The van der Waals surface area contributed by atoms with Crippen LogP contribution in [0.1, 0.15) is 24.5 Å². The van der Waals surface area contributed by atoms with Crippen LogP contribution in [-0.4, -0.2) is 24.3 Å². The van der Waals surface area contributed by atoms with E-state index in [1.165, 1.54) is 5.56 Å². The van der Waals surface area contributed by atoms with Gasteiger partial charge < -0.3 is 9.84 Å².